The summed E-state index contributed by atoms with van der Waals surface area (Å²) in [4.78, 5) is 28.0. The van der Waals surface area contributed by atoms with E-state index in [4.69, 9.17) is 15.2 Å². The molecular formula is C20H20N4O4. The predicted octanol–water partition coefficient (Wildman–Crippen LogP) is 1.85. The van der Waals surface area contributed by atoms with Crippen molar-refractivity contribution in [2.45, 2.75) is 13.8 Å². The fraction of sp³-hybridized carbons (Fsp3) is 0.200. The third-order valence-electron chi connectivity index (χ3n) is 3.88. The molecule has 8 heteroatoms. The van der Waals surface area contributed by atoms with Crippen molar-refractivity contribution in [1.82, 2.24) is 9.66 Å². The smallest absolute Gasteiger partial charge is 0.282 e. The van der Waals surface area contributed by atoms with Gasteiger partial charge in [-0.25, -0.2) is 4.98 Å². The molecule has 0 spiro atoms. The highest BCUT2D eigenvalue weighted by molar-refractivity contribution is 5.81. The molecule has 0 radical (unpaired) electrons. The van der Waals surface area contributed by atoms with Gasteiger partial charge in [0, 0.05) is 0 Å². The van der Waals surface area contributed by atoms with Crippen molar-refractivity contribution in [3.63, 3.8) is 0 Å². The molecule has 3 rings (SSSR count). The number of aryl methyl sites for hydroxylation is 1. The Morgan fingerprint density at radius 1 is 1.21 bits per heavy atom. The first-order valence-corrected chi connectivity index (χ1v) is 8.70. The summed E-state index contributed by atoms with van der Waals surface area (Å²) >= 11 is 0. The van der Waals surface area contributed by atoms with Gasteiger partial charge in [0.25, 0.3) is 11.5 Å². The minimum absolute atomic E-state index is 0.245. The number of nitrogens with two attached hydrogens (primary N) is 1. The Hall–Kier alpha value is -3.68. The van der Waals surface area contributed by atoms with Gasteiger partial charge < -0.3 is 15.2 Å². The second-order valence-electron chi connectivity index (χ2n) is 5.93. The van der Waals surface area contributed by atoms with Crippen LogP contribution in [0.2, 0.25) is 0 Å². The number of para-hydroxylation sites is 1. The zero-order chi connectivity index (χ0) is 20.1. The summed E-state index contributed by atoms with van der Waals surface area (Å²) in [6, 6.07) is 12.2. The summed E-state index contributed by atoms with van der Waals surface area (Å²) in [5, 5.41) is 4.77. The number of benzene rings is 2. The van der Waals surface area contributed by atoms with Gasteiger partial charge in [-0.3, -0.25) is 9.59 Å². The predicted molar refractivity (Wildman–Crippen MR) is 106 cm³/mol. The molecule has 3 aromatic rings. The summed E-state index contributed by atoms with van der Waals surface area (Å²) in [5.41, 5.74) is 6.19. The fourth-order valence-corrected chi connectivity index (χ4v) is 2.64. The lowest BCUT2D eigenvalue weighted by Crippen LogP contribution is -2.20. The lowest BCUT2D eigenvalue weighted by atomic mass is 10.2. The minimum atomic E-state index is -0.577. The monoisotopic (exact) mass is 380 g/mol. The Kier molecular flexibility index (Phi) is 5.69. The van der Waals surface area contributed by atoms with Crippen LogP contribution in [0.3, 0.4) is 0 Å². The summed E-state index contributed by atoms with van der Waals surface area (Å²) in [6.45, 7) is 3.73. The molecule has 1 heterocycles. The maximum Gasteiger partial charge on any atom is 0.282 e. The number of hydrogen-bond acceptors (Lipinski definition) is 6. The van der Waals surface area contributed by atoms with E-state index in [0.717, 1.165) is 0 Å². The Morgan fingerprint density at radius 2 is 2.00 bits per heavy atom. The third-order valence-corrected chi connectivity index (χ3v) is 3.88. The third kappa shape index (κ3) is 4.17. The van der Waals surface area contributed by atoms with Crippen molar-refractivity contribution in [3.8, 4) is 11.5 Å². The van der Waals surface area contributed by atoms with Crippen LogP contribution in [0.5, 0.6) is 11.5 Å². The maximum atomic E-state index is 12.7. The number of aromatic nitrogens is 2. The topological polar surface area (TPSA) is 109 Å². The largest absolute Gasteiger partial charge is 0.490 e. The zero-order valence-electron chi connectivity index (χ0n) is 15.6. The van der Waals surface area contributed by atoms with E-state index in [1.54, 1.807) is 43.3 Å². The molecule has 0 saturated carbocycles. The zero-order valence-corrected chi connectivity index (χ0v) is 15.6. The molecule has 0 aliphatic rings. The van der Waals surface area contributed by atoms with Crippen LogP contribution in [0.25, 0.3) is 10.9 Å². The van der Waals surface area contributed by atoms with Crippen molar-refractivity contribution >= 4 is 23.0 Å². The molecule has 0 aliphatic carbocycles. The summed E-state index contributed by atoms with van der Waals surface area (Å²) < 4.78 is 12.1. The highest BCUT2D eigenvalue weighted by Crippen LogP contribution is 2.28. The normalized spacial score (nSPS) is 11.1. The van der Waals surface area contributed by atoms with Gasteiger partial charge in [0.1, 0.15) is 5.82 Å². The molecule has 0 aliphatic heterocycles. The van der Waals surface area contributed by atoms with Crippen LogP contribution in [-0.2, 0) is 4.79 Å². The number of carbonyl (C=O) groups is 1. The summed E-state index contributed by atoms with van der Waals surface area (Å²) in [7, 11) is 0. The molecule has 1 aromatic heterocycles. The van der Waals surface area contributed by atoms with Crippen LogP contribution < -0.4 is 20.8 Å². The molecule has 1 amide bonds. The molecule has 0 unspecified atom stereocenters. The van der Waals surface area contributed by atoms with Gasteiger partial charge in [0.15, 0.2) is 18.1 Å². The van der Waals surface area contributed by atoms with Crippen molar-refractivity contribution < 1.29 is 14.3 Å². The number of fused-ring (bicyclic) bond motifs is 1. The lowest BCUT2D eigenvalue weighted by Gasteiger charge is -2.11. The van der Waals surface area contributed by atoms with Crippen LogP contribution in [0.4, 0.5) is 0 Å². The second kappa shape index (κ2) is 8.34. The standard InChI is InChI=1S/C20H20N4O4/c1-3-27-18-10-14(8-9-17(18)28-12-19(21)25)11-22-24-13(2)23-16-7-5-4-6-15(16)20(24)26/h4-11H,3,12H2,1-2H3,(H2,21,25). The molecule has 144 valence electrons. The van der Waals surface area contributed by atoms with Crippen LogP contribution in [0.15, 0.2) is 52.4 Å². The molecule has 0 bridgehead atoms. The van der Waals surface area contributed by atoms with E-state index in [-0.39, 0.29) is 12.2 Å². The molecule has 2 N–H and O–H groups in total. The Morgan fingerprint density at radius 3 is 2.75 bits per heavy atom. The van der Waals surface area contributed by atoms with Gasteiger partial charge in [0.05, 0.1) is 23.7 Å². The van der Waals surface area contributed by atoms with Gasteiger partial charge in [-0.15, -0.1) is 0 Å². The molecule has 0 atom stereocenters. The number of hydrogen-bond donors (Lipinski definition) is 1. The number of ether oxygens (including phenoxy) is 2. The highest BCUT2D eigenvalue weighted by Gasteiger charge is 2.09. The van der Waals surface area contributed by atoms with E-state index in [1.807, 2.05) is 13.0 Å². The number of nitrogens with zero attached hydrogens (tertiary/aromatic N) is 3. The van der Waals surface area contributed by atoms with E-state index in [1.165, 1.54) is 10.9 Å². The van der Waals surface area contributed by atoms with Crippen molar-refractivity contribution in [2.75, 3.05) is 13.2 Å². The van der Waals surface area contributed by atoms with Gasteiger partial charge in [-0.2, -0.15) is 9.78 Å². The SMILES string of the molecule is CCOc1cc(C=Nn2c(C)nc3ccccc3c2=O)ccc1OCC(N)=O. The van der Waals surface area contributed by atoms with Gasteiger partial charge in [-0.05, 0) is 49.7 Å². The van der Waals surface area contributed by atoms with Crippen LogP contribution in [0.1, 0.15) is 18.3 Å². The van der Waals surface area contributed by atoms with Crippen LogP contribution in [0, 0.1) is 6.92 Å². The van der Waals surface area contributed by atoms with Gasteiger partial charge in [0.2, 0.25) is 0 Å². The molecular weight excluding hydrogens is 360 g/mol. The van der Waals surface area contributed by atoms with E-state index in [9.17, 15) is 9.59 Å². The van der Waals surface area contributed by atoms with Gasteiger partial charge >= 0.3 is 0 Å². The van der Waals surface area contributed by atoms with Crippen molar-refractivity contribution in [3.05, 3.63) is 64.2 Å². The van der Waals surface area contributed by atoms with Crippen LogP contribution >= 0.6 is 0 Å². The molecule has 0 saturated heterocycles. The summed E-state index contributed by atoms with van der Waals surface area (Å²) in [5.74, 6) is 0.755. The molecule has 8 nitrogen and oxygen atoms in total. The fourth-order valence-electron chi connectivity index (χ4n) is 2.64. The van der Waals surface area contributed by atoms with Crippen LogP contribution in [-0.4, -0.2) is 35.0 Å². The maximum absolute atomic E-state index is 12.7. The first kappa shape index (κ1) is 19.1. The number of rotatable bonds is 7. The quantitative estimate of drug-likeness (QED) is 0.629. The van der Waals surface area contributed by atoms with Crippen molar-refractivity contribution in [2.24, 2.45) is 10.8 Å². The first-order chi connectivity index (χ1) is 13.5. The number of primary amides is 1. The minimum Gasteiger partial charge on any atom is -0.490 e. The van der Waals surface area contributed by atoms with E-state index >= 15 is 0 Å². The average Bonchev–Trinajstić information content (AvgIpc) is 2.67. The molecule has 2 aromatic carbocycles. The Labute approximate surface area is 161 Å². The first-order valence-electron chi connectivity index (χ1n) is 8.70. The molecule has 28 heavy (non-hydrogen) atoms. The highest BCUT2D eigenvalue weighted by atomic mass is 16.5. The van der Waals surface area contributed by atoms with E-state index < -0.39 is 5.91 Å². The number of carbonyl (C=O) groups excluding carboxylic acids is 1. The number of amides is 1. The van der Waals surface area contributed by atoms with Crippen molar-refractivity contribution in [1.29, 1.82) is 0 Å². The summed E-state index contributed by atoms with van der Waals surface area (Å²) in [6.07, 6.45) is 1.53. The Bertz CT molecular complexity index is 1110. The van der Waals surface area contributed by atoms with E-state index in [2.05, 4.69) is 10.1 Å². The second-order valence-corrected chi connectivity index (χ2v) is 5.93. The molecule has 0 fully saturated rings. The van der Waals surface area contributed by atoms with E-state index in [0.29, 0.717) is 40.4 Å². The van der Waals surface area contributed by atoms with Gasteiger partial charge in [-0.1, -0.05) is 12.1 Å². The Balaban J connectivity index is 1.94. The average molecular weight is 380 g/mol. The lowest BCUT2D eigenvalue weighted by molar-refractivity contribution is -0.119.